The lowest BCUT2D eigenvalue weighted by Crippen LogP contribution is -2.46. The van der Waals surface area contributed by atoms with Gasteiger partial charge in [-0.25, -0.2) is 0 Å². The largest absolute Gasteiger partial charge is 0.383 e. The van der Waals surface area contributed by atoms with Crippen molar-refractivity contribution in [2.24, 2.45) is 0 Å². The van der Waals surface area contributed by atoms with Gasteiger partial charge in [0, 0.05) is 37.3 Å². The molecular weight excluding hydrogens is 341 g/mol. The SMILES string of the molecule is COCCNCCNC(=O)C(C)NC(=O)c1ccc(Cl)cc1.Cl. The number of ether oxygens (including phenoxy) is 1. The Kier molecular flexibility index (Phi) is 11.4. The van der Waals surface area contributed by atoms with Gasteiger partial charge in [-0.2, -0.15) is 0 Å². The maximum Gasteiger partial charge on any atom is 0.251 e. The quantitative estimate of drug-likeness (QED) is 0.576. The van der Waals surface area contributed by atoms with Crippen molar-refractivity contribution in [2.45, 2.75) is 13.0 Å². The number of hydrogen-bond donors (Lipinski definition) is 3. The number of carbonyl (C=O) groups is 2. The molecule has 1 aromatic carbocycles. The van der Waals surface area contributed by atoms with E-state index in [2.05, 4.69) is 16.0 Å². The minimum Gasteiger partial charge on any atom is -0.383 e. The van der Waals surface area contributed by atoms with Crippen LogP contribution in [0.5, 0.6) is 0 Å². The van der Waals surface area contributed by atoms with Crippen LogP contribution < -0.4 is 16.0 Å². The van der Waals surface area contributed by atoms with Crippen LogP contribution in [0.4, 0.5) is 0 Å². The van der Waals surface area contributed by atoms with Crippen LogP contribution in [0.1, 0.15) is 17.3 Å². The van der Waals surface area contributed by atoms with Gasteiger partial charge in [-0.15, -0.1) is 12.4 Å². The van der Waals surface area contributed by atoms with Crippen molar-refractivity contribution >= 4 is 35.8 Å². The van der Waals surface area contributed by atoms with Crippen LogP contribution in [-0.2, 0) is 9.53 Å². The molecule has 0 bridgehead atoms. The van der Waals surface area contributed by atoms with Crippen molar-refractivity contribution in [1.29, 1.82) is 0 Å². The molecular formula is C15H23Cl2N3O3. The summed E-state index contributed by atoms with van der Waals surface area (Å²) in [5.74, 6) is -0.534. The fourth-order valence-electron chi connectivity index (χ4n) is 1.67. The van der Waals surface area contributed by atoms with Crippen LogP contribution in [0.2, 0.25) is 5.02 Å². The van der Waals surface area contributed by atoms with Crippen molar-refractivity contribution in [3.63, 3.8) is 0 Å². The molecule has 23 heavy (non-hydrogen) atoms. The van der Waals surface area contributed by atoms with E-state index >= 15 is 0 Å². The summed E-state index contributed by atoms with van der Waals surface area (Å²) < 4.78 is 4.90. The van der Waals surface area contributed by atoms with Gasteiger partial charge < -0.3 is 20.7 Å². The van der Waals surface area contributed by atoms with E-state index in [0.717, 1.165) is 6.54 Å². The van der Waals surface area contributed by atoms with Crippen molar-refractivity contribution in [1.82, 2.24) is 16.0 Å². The van der Waals surface area contributed by atoms with E-state index < -0.39 is 6.04 Å². The van der Waals surface area contributed by atoms with Gasteiger partial charge in [0.25, 0.3) is 5.91 Å². The Morgan fingerprint density at radius 3 is 2.43 bits per heavy atom. The molecule has 0 aliphatic rings. The van der Waals surface area contributed by atoms with Gasteiger partial charge in [0.2, 0.25) is 5.91 Å². The van der Waals surface area contributed by atoms with Crippen LogP contribution in [0.25, 0.3) is 0 Å². The van der Waals surface area contributed by atoms with Crippen LogP contribution in [-0.4, -0.2) is 51.2 Å². The van der Waals surface area contributed by atoms with E-state index in [0.29, 0.717) is 30.3 Å². The summed E-state index contributed by atoms with van der Waals surface area (Å²) in [6.07, 6.45) is 0. The zero-order valence-electron chi connectivity index (χ0n) is 13.2. The summed E-state index contributed by atoms with van der Waals surface area (Å²) in [7, 11) is 1.63. The van der Waals surface area contributed by atoms with E-state index in [9.17, 15) is 9.59 Å². The molecule has 0 aromatic heterocycles. The highest BCUT2D eigenvalue weighted by Gasteiger charge is 2.15. The molecule has 0 aliphatic carbocycles. The lowest BCUT2D eigenvalue weighted by Gasteiger charge is -2.14. The Hall–Kier alpha value is -1.34. The molecule has 0 fully saturated rings. The highest BCUT2D eigenvalue weighted by atomic mass is 35.5. The maximum atomic E-state index is 12.0. The van der Waals surface area contributed by atoms with E-state index in [1.165, 1.54) is 0 Å². The number of methoxy groups -OCH3 is 1. The molecule has 1 aromatic rings. The van der Waals surface area contributed by atoms with E-state index in [1.54, 1.807) is 38.3 Å². The van der Waals surface area contributed by atoms with Gasteiger partial charge in [-0.1, -0.05) is 11.6 Å². The number of halogens is 2. The molecule has 1 atom stereocenters. The van der Waals surface area contributed by atoms with Crippen molar-refractivity contribution < 1.29 is 14.3 Å². The number of hydrogen-bond acceptors (Lipinski definition) is 4. The molecule has 0 saturated carbocycles. The molecule has 0 radical (unpaired) electrons. The van der Waals surface area contributed by atoms with E-state index in [4.69, 9.17) is 16.3 Å². The topological polar surface area (TPSA) is 79.5 Å². The molecule has 1 unspecified atom stereocenters. The molecule has 0 aliphatic heterocycles. The Labute approximate surface area is 147 Å². The first-order valence-corrected chi connectivity index (χ1v) is 7.46. The molecule has 0 spiro atoms. The highest BCUT2D eigenvalue weighted by Crippen LogP contribution is 2.09. The second-order valence-electron chi connectivity index (χ2n) is 4.74. The minimum absolute atomic E-state index is 0. The first-order valence-electron chi connectivity index (χ1n) is 7.08. The summed E-state index contributed by atoms with van der Waals surface area (Å²) in [4.78, 5) is 23.8. The van der Waals surface area contributed by atoms with Gasteiger partial charge >= 0.3 is 0 Å². The summed E-state index contributed by atoms with van der Waals surface area (Å²) in [5, 5.41) is 9.06. The average molecular weight is 364 g/mol. The molecule has 8 heteroatoms. The zero-order chi connectivity index (χ0) is 16.4. The van der Waals surface area contributed by atoms with Gasteiger partial charge in [0.05, 0.1) is 6.61 Å². The lowest BCUT2D eigenvalue weighted by atomic mass is 10.2. The monoisotopic (exact) mass is 363 g/mol. The Balaban J connectivity index is 0.00000484. The minimum atomic E-state index is -0.609. The highest BCUT2D eigenvalue weighted by molar-refractivity contribution is 6.30. The third kappa shape index (κ3) is 8.76. The van der Waals surface area contributed by atoms with Crippen molar-refractivity contribution in [3.05, 3.63) is 34.9 Å². The van der Waals surface area contributed by atoms with Gasteiger partial charge in [0.15, 0.2) is 0 Å². The lowest BCUT2D eigenvalue weighted by molar-refractivity contribution is -0.122. The fraction of sp³-hybridized carbons (Fsp3) is 0.467. The van der Waals surface area contributed by atoms with E-state index in [1.807, 2.05) is 0 Å². The number of benzene rings is 1. The first-order chi connectivity index (χ1) is 10.5. The number of rotatable bonds is 9. The predicted octanol–water partition coefficient (Wildman–Crippen LogP) is 1.23. The standard InChI is InChI=1S/C15H22ClN3O3.ClH/c1-11(14(20)18-8-7-17-9-10-22-2)19-15(21)12-3-5-13(16)6-4-12;/h3-6,11,17H,7-10H2,1-2H3,(H,18,20)(H,19,21);1H. The van der Waals surface area contributed by atoms with Gasteiger partial charge in [-0.05, 0) is 31.2 Å². The number of amides is 2. The molecule has 6 nitrogen and oxygen atoms in total. The van der Waals surface area contributed by atoms with Crippen LogP contribution in [0.15, 0.2) is 24.3 Å². The van der Waals surface area contributed by atoms with Crippen LogP contribution >= 0.6 is 24.0 Å². The Morgan fingerprint density at radius 2 is 1.83 bits per heavy atom. The smallest absolute Gasteiger partial charge is 0.251 e. The summed E-state index contributed by atoms with van der Waals surface area (Å²) in [6, 6.07) is 5.88. The maximum absolute atomic E-state index is 12.0. The molecule has 130 valence electrons. The number of carbonyl (C=O) groups excluding carboxylic acids is 2. The van der Waals surface area contributed by atoms with Gasteiger partial charge in [0.1, 0.15) is 6.04 Å². The normalized spacial score (nSPS) is 11.3. The summed E-state index contributed by atoms with van der Waals surface area (Å²) >= 11 is 5.77. The molecule has 2 amide bonds. The van der Waals surface area contributed by atoms with Crippen LogP contribution in [0.3, 0.4) is 0 Å². The zero-order valence-corrected chi connectivity index (χ0v) is 14.8. The second kappa shape index (κ2) is 12.1. The molecule has 0 saturated heterocycles. The summed E-state index contributed by atoms with van der Waals surface area (Å²) in [5.41, 5.74) is 0.463. The first kappa shape index (κ1) is 21.7. The fourth-order valence-corrected chi connectivity index (χ4v) is 1.80. The third-order valence-corrected chi connectivity index (χ3v) is 3.18. The third-order valence-electron chi connectivity index (χ3n) is 2.93. The molecule has 3 N–H and O–H groups in total. The molecule has 1 rings (SSSR count). The average Bonchev–Trinajstić information content (AvgIpc) is 2.51. The van der Waals surface area contributed by atoms with Crippen molar-refractivity contribution in [2.75, 3.05) is 33.4 Å². The van der Waals surface area contributed by atoms with Crippen molar-refractivity contribution in [3.8, 4) is 0 Å². The van der Waals surface area contributed by atoms with Gasteiger partial charge in [-0.3, -0.25) is 9.59 Å². The second-order valence-corrected chi connectivity index (χ2v) is 5.17. The summed E-state index contributed by atoms with van der Waals surface area (Å²) in [6.45, 7) is 4.13. The van der Waals surface area contributed by atoms with E-state index in [-0.39, 0.29) is 24.2 Å². The Morgan fingerprint density at radius 1 is 1.17 bits per heavy atom. The number of nitrogens with one attached hydrogen (secondary N) is 3. The Bertz CT molecular complexity index is 483. The van der Waals surface area contributed by atoms with Crippen LogP contribution in [0, 0.1) is 0 Å². The predicted molar refractivity (Wildman–Crippen MR) is 93.4 cm³/mol. The molecule has 0 heterocycles.